The van der Waals surface area contributed by atoms with E-state index in [1.165, 1.54) is 12.1 Å². The molecule has 7 heteroatoms. The van der Waals surface area contributed by atoms with Crippen molar-refractivity contribution in [2.75, 3.05) is 6.54 Å². The van der Waals surface area contributed by atoms with Crippen LogP contribution < -0.4 is 11.1 Å². The van der Waals surface area contributed by atoms with Gasteiger partial charge in [-0.15, -0.1) is 0 Å². The first kappa shape index (κ1) is 18.0. The summed E-state index contributed by atoms with van der Waals surface area (Å²) in [6.45, 7) is 2.12. The molecule has 0 aliphatic carbocycles. The molecule has 22 heavy (non-hydrogen) atoms. The Morgan fingerprint density at radius 2 is 1.82 bits per heavy atom. The largest absolute Gasteiger partial charge is 0.416 e. The lowest BCUT2D eigenvalue weighted by Gasteiger charge is -2.13. The fraction of sp³-hybridized carbons (Fsp3) is 0.467. The maximum Gasteiger partial charge on any atom is 0.416 e. The highest BCUT2D eigenvalue weighted by Gasteiger charge is 2.30. The van der Waals surface area contributed by atoms with Crippen LogP contribution in [-0.2, 0) is 15.8 Å². The summed E-state index contributed by atoms with van der Waals surface area (Å²) in [7, 11) is 0. The molecular formula is C15H19F3N2O2. The Morgan fingerprint density at radius 1 is 1.23 bits per heavy atom. The molecule has 1 atom stereocenters. The van der Waals surface area contributed by atoms with E-state index in [0.29, 0.717) is 18.5 Å². The lowest BCUT2D eigenvalue weighted by molar-refractivity contribution is -0.137. The number of carbonyl (C=O) groups excluding carboxylic acids is 2. The van der Waals surface area contributed by atoms with Crippen molar-refractivity contribution in [2.45, 2.75) is 38.3 Å². The van der Waals surface area contributed by atoms with E-state index in [1.54, 1.807) is 6.92 Å². The summed E-state index contributed by atoms with van der Waals surface area (Å²) in [5.41, 5.74) is 4.94. The molecule has 2 amide bonds. The third kappa shape index (κ3) is 6.15. The molecule has 0 fully saturated rings. The molecule has 3 N–H and O–H groups in total. The third-order valence-electron chi connectivity index (χ3n) is 3.22. The summed E-state index contributed by atoms with van der Waals surface area (Å²) >= 11 is 0. The maximum absolute atomic E-state index is 12.5. The van der Waals surface area contributed by atoms with E-state index in [1.807, 2.05) is 0 Å². The molecule has 0 bridgehead atoms. The highest BCUT2D eigenvalue weighted by Crippen LogP contribution is 2.30. The molecule has 0 saturated heterocycles. The zero-order valence-electron chi connectivity index (χ0n) is 12.2. The second-order valence-electron chi connectivity index (χ2n) is 5.14. The van der Waals surface area contributed by atoms with Gasteiger partial charge in [-0.2, -0.15) is 13.2 Å². The van der Waals surface area contributed by atoms with Gasteiger partial charge >= 0.3 is 6.18 Å². The molecule has 0 aromatic heterocycles. The molecule has 0 aliphatic rings. The van der Waals surface area contributed by atoms with Crippen LogP contribution in [0.25, 0.3) is 0 Å². The van der Waals surface area contributed by atoms with Crippen LogP contribution >= 0.6 is 0 Å². The summed E-state index contributed by atoms with van der Waals surface area (Å²) in [6.07, 6.45) is -3.52. The molecule has 0 radical (unpaired) electrons. The fourth-order valence-electron chi connectivity index (χ4n) is 1.96. The molecule has 0 saturated carbocycles. The smallest absolute Gasteiger partial charge is 0.370 e. The molecule has 1 aromatic carbocycles. The average molecular weight is 316 g/mol. The van der Waals surface area contributed by atoms with Gasteiger partial charge in [0.2, 0.25) is 11.8 Å². The minimum atomic E-state index is -4.36. The van der Waals surface area contributed by atoms with E-state index in [2.05, 4.69) is 5.32 Å². The summed E-state index contributed by atoms with van der Waals surface area (Å²) in [5.74, 6) is -0.831. The van der Waals surface area contributed by atoms with Crippen molar-refractivity contribution in [3.8, 4) is 0 Å². The van der Waals surface area contributed by atoms with Gasteiger partial charge in [0, 0.05) is 19.4 Å². The molecule has 122 valence electrons. The second-order valence-corrected chi connectivity index (χ2v) is 5.14. The van der Waals surface area contributed by atoms with E-state index in [-0.39, 0.29) is 24.7 Å². The average Bonchev–Trinajstić information content (AvgIpc) is 2.42. The predicted molar refractivity (Wildman–Crippen MR) is 75.9 cm³/mol. The normalized spacial score (nSPS) is 12.7. The number of hydrogen-bond donors (Lipinski definition) is 2. The zero-order valence-corrected chi connectivity index (χ0v) is 12.2. The highest BCUT2D eigenvalue weighted by atomic mass is 19.4. The SMILES string of the molecule is C[C@H](CC(=O)NCCCC(N)=O)c1ccc(C(F)(F)F)cc1. The van der Waals surface area contributed by atoms with Crippen molar-refractivity contribution >= 4 is 11.8 Å². The van der Waals surface area contributed by atoms with Gasteiger partial charge in [0.05, 0.1) is 5.56 Å². The van der Waals surface area contributed by atoms with Crippen LogP contribution in [0, 0.1) is 0 Å². The first-order valence-corrected chi connectivity index (χ1v) is 6.92. The molecule has 0 heterocycles. The number of benzene rings is 1. The number of halogens is 3. The summed E-state index contributed by atoms with van der Waals surface area (Å²) in [6, 6.07) is 4.79. The molecule has 1 rings (SSSR count). The lowest BCUT2D eigenvalue weighted by Crippen LogP contribution is -2.26. The lowest BCUT2D eigenvalue weighted by atomic mass is 9.96. The van der Waals surface area contributed by atoms with Crippen LogP contribution in [-0.4, -0.2) is 18.4 Å². The van der Waals surface area contributed by atoms with E-state index in [4.69, 9.17) is 5.73 Å². The van der Waals surface area contributed by atoms with Gasteiger partial charge in [0.15, 0.2) is 0 Å². The van der Waals surface area contributed by atoms with Crippen molar-refractivity contribution in [3.05, 3.63) is 35.4 Å². The van der Waals surface area contributed by atoms with Crippen LogP contribution in [0.2, 0.25) is 0 Å². The standard InChI is InChI=1S/C15H19F3N2O2/c1-10(9-14(22)20-8-2-3-13(19)21)11-4-6-12(7-5-11)15(16,17)18/h4-7,10H,2-3,8-9H2,1H3,(H2,19,21)(H,20,22)/t10-/m1/s1. The first-order chi connectivity index (χ1) is 10.2. The number of alkyl halides is 3. The minimum Gasteiger partial charge on any atom is -0.370 e. The van der Waals surface area contributed by atoms with Gasteiger partial charge in [-0.05, 0) is 30.0 Å². The number of nitrogens with two attached hydrogens (primary N) is 1. The number of rotatable bonds is 7. The quantitative estimate of drug-likeness (QED) is 0.759. The topological polar surface area (TPSA) is 72.2 Å². The maximum atomic E-state index is 12.5. The van der Waals surface area contributed by atoms with Gasteiger partial charge in [-0.1, -0.05) is 19.1 Å². The first-order valence-electron chi connectivity index (χ1n) is 6.92. The zero-order chi connectivity index (χ0) is 16.8. The van der Waals surface area contributed by atoms with Gasteiger partial charge in [-0.3, -0.25) is 9.59 Å². The molecular weight excluding hydrogens is 297 g/mol. The van der Waals surface area contributed by atoms with Crippen LogP contribution in [0.15, 0.2) is 24.3 Å². The Bertz CT molecular complexity index is 513. The van der Waals surface area contributed by atoms with Crippen molar-refractivity contribution in [1.29, 1.82) is 0 Å². The number of carbonyl (C=O) groups is 2. The van der Waals surface area contributed by atoms with Crippen LogP contribution in [0.3, 0.4) is 0 Å². The summed E-state index contributed by atoms with van der Waals surface area (Å²) in [5, 5.41) is 2.65. The van der Waals surface area contributed by atoms with Crippen LogP contribution in [0.4, 0.5) is 13.2 Å². The van der Waals surface area contributed by atoms with E-state index in [0.717, 1.165) is 12.1 Å². The van der Waals surface area contributed by atoms with E-state index in [9.17, 15) is 22.8 Å². The number of amides is 2. The van der Waals surface area contributed by atoms with Crippen molar-refractivity contribution in [1.82, 2.24) is 5.32 Å². The molecule has 1 aromatic rings. The number of primary amides is 1. The van der Waals surface area contributed by atoms with Gasteiger partial charge in [-0.25, -0.2) is 0 Å². The fourth-order valence-corrected chi connectivity index (χ4v) is 1.96. The van der Waals surface area contributed by atoms with Crippen molar-refractivity contribution < 1.29 is 22.8 Å². The highest BCUT2D eigenvalue weighted by molar-refractivity contribution is 5.77. The van der Waals surface area contributed by atoms with E-state index >= 15 is 0 Å². The van der Waals surface area contributed by atoms with Crippen LogP contribution in [0.5, 0.6) is 0 Å². The Labute approximate surface area is 126 Å². The Kier molecular flexibility index (Phi) is 6.39. The number of hydrogen-bond acceptors (Lipinski definition) is 2. The predicted octanol–water partition coefficient (Wildman–Crippen LogP) is 2.58. The van der Waals surface area contributed by atoms with Crippen molar-refractivity contribution in [2.24, 2.45) is 5.73 Å². The minimum absolute atomic E-state index is 0.169. The Hall–Kier alpha value is -2.05. The Morgan fingerprint density at radius 3 is 2.32 bits per heavy atom. The van der Waals surface area contributed by atoms with Gasteiger partial charge < -0.3 is 11.1 Å². The van der Waals surface area contributed by atoms with Gasteiger partial charge in [0.25, 0.3) is 0 Å². The molecule has 4 nitrogen and oxygen atoms in total. The Balaban J connectivity index is 2.46. The van der Waals surface area contributed by atoms with Gasteiger partial charge in [0.1, 0.15) is 0 Å². The monoisotopic (exact) mass is 316 g/mol. The van der Waals surface area contributed by atoms with Crippen LogP contribution in [0.1, 0.15) is 43.2 Å². The third-order valence-corrected chi connectivity index (χ3v) is 3.22. The summed E-state index contributed by atoms with van der Waals surface area (Å²) < 4.78 is 37.4. The van der Waals surface area contributed by atoms with Crippen molar-refractivity contribution in [3.63, 3.8) is 0 Å². The van der Waals surface area contributed by atoms with E-state index < -0.39 is 17.6 Å². The molecule has 0 spiro atoms. The molecule has 0 unspecified atom stereocenters. The summed E-state index contributed by atoms with van der Waals surface area (Å²) in [4.78, 5) is 22.2. The number of nitrogens with one attached hydrogen (secondary N) is 1. The second kappa shape index (κ2) is 7.82. The molecule has 0 aliphatic heterocycles.